The lowest BCUT2D eigenvalue weighted by molar-refractivity contribution is -0.655. The molecule has 39 heavy (non-hydrogen) atoms. The molecule has 0 rings (SSSR count). The van der Waals surface area contributed by atoms with Crippen LogP contribution in [0, 0.1) is 0 Å². The zero-order chi connectivity index (χ0) is 28.5. The molecule has 0 saturated carbocycles. The van der Waals surface area contributed by atoms with E-state index >= 15 is 0 Å². The monoisotopic (exact) mass is 555 g/mol. The van der Waals surface area contributed by atoms with E-state index in [0.717, 1.165) is 19.6 Å². The Morgan fingerprint density at radius 2 is 0.795 bits per heavy atom. The minimum atomic E-state index is -0.375. The molecule has 0 radical (unpaired) electrons. The predicted molar refractivity (Wildman–Crippen MR) is 175 cm³/mol. The van der Waals surface area contributed by atoms with Crippen molar-refractivity contribution in [2.75, 3.05) is 39.3 Å². The number of quaternary nitrogens is 1. The molecule has 0 aliphatic carbocycles. The average Bonchev–Trinajstić information content (AvgIpc) is 2.94. The molecule has 1 unspecified atom stereocenters. The highest BCUT2D eigenvalue weighted by atomic mass is 16.3. The maximum atomic E-state index is 10.1. The van der Waals surface area contributed by atoms with Crippen molar-refractivity contribution in [1.82, 2.24) is 4.90 Å². The molecule has 0 saturated heterocycles. The van der Waals surface area contributed by atoms with Crippen LogP contribution in [0.2, 0.25) is 0 Å². The first-order chi connectivity index (χ1) is 19.2. The van der Waals surface area contributed by atoms with Gasteiger partial charge < -0.3 is 21.1 Å². The predicted octanol–water partition coefficient (Wildman–Crippen LogP) is 8.35. The third-order valence-corrected chi connectivity index (χ3v) is 8.46. The summed E-state index contributed by atoms with van der Waals surface area (Å²) >= 11 is 0. The molecule has 0 aromatic heterocycles. The fraction of sp³-hybridized carbons (Fsp3) is 1.00. The molecule has 0 fully saturated rings. The van der Waals surface area contributed by atoms with E-state index in [2.05, 4.69) is 24.1 Å². The molecule has 0 bridgehead atoms. The summed E-state index contributed by atoms with van der Waals surface area (Å²) in [6, 6.07) is 0. The van der Waals surface area contributed by atoms with E-state index < -0.39 is 0 Å². The Morgan fingerprint density at radius 1 is 0.487 bits per heavy atom. The van der Waals surface area contributed by atoms with Crippen molar-refractivity contribution < 1.29 is 10.4 Å². The molecule has 0 spiro atoms. The molecule has 0 heterocycles. The number of aliphatic hydroxyl groups is 1. The third kappa shape index (κ3) is 32.2. The Bertz CT molecular complexity index is 434. The van der Waals surface area contributed by atoms with Gasteiger partial charge in [-0.15, -0.1) is 0 Å². The second-order valence-electron chi connectivity index (χ2n) is 12.5. The highest BCUT2D eigenvalue weighted by molar-refractivity contribution is 4.66. The number of hydrogen-bond acceptors (Lipinski definition) is 3. The molecular formula is C35H76N3O+. The zero-order valence-corrected chi connectivity index (χ0v) is 27.3. The molecule has 0 amide bonds. The lowest BCUT2D eigenvalue weighted by Gasteiger charge is -2.24. The average molecular weight is 555 g/mol. The third-order valence-electron chi connectivity index (χ3n) is 8.46. The zero-order valence-electron chi connectivity index (χ0n) is 27.3. The molecular weight excluding hydrogens is 478 g/mol. The van der Waals surface area contributed by atoms with Crippen LogP contribution in [0.1, 0.15) is 181 Å². The maximum Gasteiger partial charge on any atom is 0.0789 e. The number of aliphatic hydroxyl groups excluding tert-OH is 1. The number of nitrogens with zero attached hydrogens (tertiary/aromatic N) is 1. The molecule has 4 nitrogen and oxygen atoms in total. The summed E-state index contributed by atoms with van der Waals surface area (Å²) in [7, 11) is 0. The Hall–Kier alpha value is -0.160. The van der Waals surface area contributed by atoms with Gasteiger partial charge in [0.1, 0.15) is 0 Å². The highest BCUT2D eigenvalue weighted by Gasteiger charge is 2.10. The second-order valence-corrected chi connectivity index (χ2v) is 12.5. The van der Waals surface area contributed by atoms with Gasteiger partial charge in [-0.05, 0) is 45.2 Å². The minimum Gasteiger partial charge on any atom is -0.390 e. The van der Waals surface area contributed by atoms with Crippen LogP contribution in [-0.4, -0.2) is 55.4 Å². The van der Waals surface area contributed by atoms with E-state index in [-0.39, 0.29) is 6.10 Å². The lowest BCUT2D eigenvalue weighted by Crippen LogP contribution is -2.84. The number of nitrogens with two attached hydrogens (primary N) is 2. The van der Waals surface area contributed by atoms with Crippen LogP contribution in [0.4, 0.5) is 0 Å². The molecule has 5 N–H and O–H groups in total. The van der Waals surface area contributed by atoms with Crippen LogP contribution in [0.3, 0.4) is 0 Å². The van der Waals surface area contributed by atoms with E-state index in [1.54, 1.807) is 0 Å². The van der Waals surface area contributed by atoms with Crippen molar-refractivity contribution >= 4 is 0 Å². The number of hydrogen-bond donors (Lipinski definition) is 3. The number of unbranched alkanes of at least 4 members (excludes halogenated alkanes) is 23. The molecule has 4 heteroatoms. The van der Waals surface area contributed by atoms with E-state index in [9.17, 15) is 5.11 Å². The van der Waals surface area contributed by atoms with Gasteiger partial charge in [0.05, 0.1) is 19.2 Å². The van der Waals surface area contributed by atoms with Crippen LogP contribution in [0.15, 0.2) is 0 Å². The molecule has 0 aliphatic heterocycles. The van der Waals surface area contributed by atoms with E-state index in [1.807, 2.05) is 0 Å². The normalized spacial score (nSPS) is 12.5. The Kier molecular flexibility index (Phi) is 33.9. The van der Waals surface area contributed by atoms with Gasteiger partial charge in [0.2, 0.25) is 0 Å². The Balaban J connectivity index is 3.56. The molecule has 0 aromatic rings. The summed E-state index contributed by atoms with van der Waals surface area (Å²) in [4.78, 5) is 2.47. The van der Waals surface area contributed by atoms with Gasteiger partial charge in [-0.3, -0.25) is 0 Å². The second kappa shape index (κ2) is 34.0. The first kappa shape index (κ1) is 38.8. The van der Waals surface area contributed by atoms with Gasteiger partial charge in [-0.2, -0.15) is 0 Å². The van der Waals surface area contributed by atoms with Gasteiger partial charge in [0.15, 0.2) is 0 Å². The topological polar surface area (TPSA) is 66.1 Å². The van der Waals surface area contributed by atoms with Crippen LogP contribution in [-0.2, 0) is 0 Å². The quantitative estimate of drug-likeness (QED) is 0.0700. The summed E-state index contributed by atoms with van der Waals surface area (Å²) in [6.07, 6.45) is 36.0. The summed E-state index contributed by atoms with van der Waals surface area (Å²) in [5.41, 5.74) is 5.70. The van der Waals surface area contributed by atoms with Crippen molar-refractivity contribution in [3.63, 3.8) is 0 Å². The van der Waals surface area contributed by atoms with Gasteiger partial charge in [-0.25, -0.2) is 0 Å². The first-order valence-electron chi connectivity index (χ1n) is 18.2. The van der Waals surface area contributed by atoms with Crippen molar-refractivity contribution in [3.8, 4) is 0 Å². The Morgan fingerprint density at radius 3 is 1.18 bits per heavy atom. The van der Waals surface area contributed by atoms with Crippen LogP contribution < -0.4 is 11.1 Å². The van der Waals surface area contributed by atoms with Crippen molar-refractivity contribution in [3.05, 3.63) is 0 Å². The molecule has 0 aromatic carbocycles. The van der Waals surface area contributed by atoms with Gasteiger partial charge in [0.25, 0.3) is 0 Å². The fourth-order valence-electron chi connectivity index (χ4n) is 5.74. The minimum absolute atomic E-state index is 0.375. The van der Waals surface area contributed by atoms with E-state index in [0.29, 0.717) is 6.54 Å². The Labute approximate surface area is 247 Å². The lowest BCUT2D eigenvalue weighted by atomic mass is 10.1. The summed E-state index contributed by atoms with van der Waals surface area (Å²) in [5.74, 6) is 0. The van der Waals surface area contributed by atoms with Gasteiger partial charge >= 0.3 is 0 Å². The molecule has 236 valence electrons. The number of rotatable bonds is 34. The largest absolute Gasteiger partial charge is 0.390 e. The summed E-state index contributed by atoms with van der Waals surface area (Å²) in [6.45, 7) is 10.5. The van der Waals surface area contributed by atoms with Crippen LogP contribution in [0.5, 0.6) is 0 Å². The van der Waals surface area contributed by atoms with Crippen molar-refractivity contribution in [1.29, 1.82) is 0 Å². The van der Waals surface area contributed by atoms with Crippen molar-refractivity contribution in [2.24, 2.45) is 5.73 Å². The standard InChI is InChI=1S/C35H75N3O/c1-3-5-7-9-11-13-15-17-19-21-23-25-29-37-30-26-28-32-38(34-35(39)33-36)31-27-24-22-20-18-16-14-12-10-8-6-4-2/h35,37,39H,3-34,36H2,1-2H3/p+1. The summed E-state index contributed by atoms with van der Waals surface area (Å²) < 4.78 is 0. The van der Waals surface area contributed by atoms with Gasteiger partial charge in [-0.1, -0.05) is 149 Å². The smallest absolute Gasteiger partial charge is 0.0789 e. The molecule has 0 aliphatic rings. The van der Waals surface area contributed by atoms with Crippen LogP contribution >= 0.6 is 0 Å². The maximum absolute atomic E-state index is 10.1. The van der Waals surface area contributed by atoms with Gasteiger partial charge in [0, 0.05) is 13.1 Å². The highest BCUT2D eigenvalue weighted by Crippen LogP contribution is 2.13. The van der Waals surface area contributed by atoms with Crippen molar-refractivity contribution in [2.45, 2.75) is 187 Å². The summed E-state index contributed by atoms with van der Waals surface area (Å²) in [5, 5.41) is 12.6. The van der Waals surface area contributed by atoms with Crippen LogP contribution in [0.25, 0.3) is 0 Å². The first-order valence-corrected chi connectivity index (χ1v) is 18.2. The van der Waals surface area contributed by atoms with E-state index in [4.69, 9.17) is 5.73 Å². The fourth-order valence-corrected chi connectivity index (χ4v) is 5.74. The SMILES string of the molecule is CCCCCCCCCCCCCC[NH2+]CCCCN(CCCCCCCCCCCCCC)CC(O)CN. The molecule has 1 atom stereocenters. The van der Waals surface area contributed by atoms with E-state index in [1.165, 1.54) is 180 Å².